The largest absolute Gasteiger partial charge is 0.464 e. The first-order valence-electron chi connectivity index (χ1n) is 7.91. The van der Waals surface area contributed by atoms with Crippen LogP contribution in [0, 0.1) is 5.82 Å². The maximum Gasteiger partial charge on any atom is 0.272 e. The van der Waals surface area contributed by atoms with Gasteiger partial charge in [-0.2, -0.15) is 0 Å². The molecule has 1 heterocycles. The molecule has 0 aliphatic carbocycles. The molecule has 2 aromatic carbocycles. The molecule has 0 atom stereocenters. The topological polar surface area (TPSA) is 71.3 Å². The Balaban J connectivity index is 1.63. The second kappa shape index (κ2) is 7.17. The van der Waals surface area contributed by atoms with E-state index in [0.717, 1.165) is 28.5 Å². The van der Waals surface area contributed by atoms with Crippen molar-refractivity contribution in [3.05, 3.63) is 71.2 Å². The summed E-state index contributed by atoms with van der Waals surface area (Å²) in [5.74, 6) is -1.79. The maximum absolute atomic E-state index is 13.5. The van der Waals surface area contributed by atoms with Gasteiger partial charge in [0, 0.05) is 10.9 Å². The summed E-state index contributed by atoms with van der Waals surface area (Å²) in [7, 11) is 0. The van der Waals surface area contributed by atoms with Crippen LogP contribution in [-0.2, 0) is 17.6 Å². The fourth-order valence-corrected chi connectivity index (χ4v) is 2.54. The van der Waals surface area contributed by atoms with Gasteiger partial charge in [0.15, 0.2) is 0 Å². The number of carbonyl (C=O) groups is 2. The number of nitrogens with one attached hydrogen (secondary N) is 2. The first-order valence-corrected chi connectivity index (χ1v) is 7.91. The quantitative estimate of drug-likeness (QED) is 0.717. The number of hydrazine groups is 1. The zero-order valence-electron chi connectivity index (χ0n) is 13.6. The Morgan fingerprint density at radius 3 is 2.68 bits per heavy atom. The number of hydrogen-bond donors (Lipinski definition) is 2. The number of furan rings is 1. The Morgan fingerprint density at radius 1 is 1.12 bits per heavy atom. The third-order valence-electron chi connectivity index (χ3n) is 3.91. The number of halogens is 1. The molecule has 25 heavy (non-hydrogen) atoms. The summed E-state index contributed by atoms with van der Waals surface area (Å²) in [6.07, 6.45) is 2.47. The monoisotopic (exact) mass is 340 g/mol. The summed E-state index contributed by atoms with van der Waals surface area (Å²) in [5.41, 5.74) is 6.95. The van der Waals surface area contributed by atoms with Crippen LogP contribution in [0.1, 0.15) is 28.4 Å². The molecule has 2 amide bonds. The van der Waals surface area contributed by atoms with Crippen LogP contribution in [0.15, 0.2) is 53.1 Å². The fraction of sp³-hybridized carbons (Fsp3) is 0.158. The third kappa shape index (κ3) is 3.68. The van der Waals surface area contributed by atoms with E-state index in [9.17, 15) is 14.0 Å². The lowest BCUT2D eigenvalue weighted by Crippen LogP contribution is -2.42. The molecule has 0 unspecified atom stereocenters. The average Bonchev–Trinajstić information content (AvgIpc) is 3.02. The van der Waals surface area contributed by atoms with Gasteiger partial charge < -0.3 is 4.42 Å². The van der Waals surface area contributed by atoms with Crippen molar-refractivity contribution >= 4 is 22.8 Å². The highest BCUT2D eigenvalue weighted by atomic mass is 19.1. The van der Waals surface area contributed by atoms with Crippen molar-refractivity contribution in [3.63, 3.8) is 0 Å². The Bertz CT molecular complexity index is 933. The molecule has 0 spiro atoms. The van der Waals surface area contributed by atoms with Gasteiger partial charge in [-0.3, -0.25) is 20.4 Å². The van der Waals surface area contributed by atoms with Gasteiger partial charge >= 0.3 is 0 Å². The molecule has 5 nitrogen and oxygen atoms in total. The molecule has 0 saturated heterocycles. The van der Waals surface area contributed by atoms with E-state index in [0.29, 0.717) is 0 Å². The lowest BCUT2D eigenvalue weighted by atomic mass is 10.1. The highest BCUT2D eigenvalue weighted by Crippen LogP contribution is 2.23. The van der Waals surface area contributed by atoms with E-state index in [1.54, 1.807) is 6.07 Å². The van der Waals surface area contributed by atoms with Crippen molar-refractivity contribution in [1.82, 2.24) is 10.9 Å². The molecular formula is C19H17FN2O3. The van der Waals surface area contributed by atoms with Crippen molar-refractivity contribution in [1.29, 1.82) is 0 Å². The SMILES string of the molecule is CCc1ccc2c(CC(=O)NNC(=O)c3ccccc3F)coc2c1. The van der Waals surface area contributed by atoms with E-state index in [-0.39, 0.29) is 12.0 Å². The molecule has 0 aliphatic rings. The smallest absolute Gasteiger partial charge is 0.272 e. The van der Waals surface area contributed by atoms with Crippen molar-refractivity contribution < 1.29 is 18.4 Å². The van der Waals surface area contributed by atoms with Crippen LogP contribution in [0.5, 0.6) is 0 Å². The molecule has 1 aromatic heterocycles. The minimum Gasteiger partial charge on any atom is -0.464 e. The number of amides is 2. The Kier molecular flexibility index (Phi) is 4.79. The second-order valence-corrected chi connectivity index (χ2v) is 5.60. The van der Waals surface area contributed by atoms with Crippen LogP contribution < -0.4 is 10.9 Å². The lowest BCUT2D eigenvalue weighted by molar-refractivity contribution is -0.121. The zero-order chi connectivity index (χ0) is 17.8. The van der Waals surface area contributed by atoms with E-state index in [2.05, 4.69) is 17.8 Å². The Morgan fingerprint density at radius 2 is 1.92 bits per heavy atom. The van der Waals surface area contributed by atoms with Gasteiger partial charge in [0.1, 0.15) is 11.4 Å². The molecule has 6 heteroatoms. The summed E-state index contributed by atoms with van der Waals surface area (Å²) in [6, 6.07) is 11.4. The number of hydrogen-bond acceptors (Lipinski definition) is 3. The van der Waals surface area contributed by atoms with Gasteiger partial charge in [-0.15, -0.1) is 0 Å². The van der Waals surface area contributed by atoms with E-state index in [1.165, 1.54) is 24.5 Å². The first kappa shape index (κ1) is 16.7. The summed E-state index contributed by atoms with van der Waals surface area (Å²) in [6.45, 7) is 2.05. The number of carbonyl (C=O) groups excluding carboxylic acids is 2. The third-order valence-corrected chi connectivity index (χ3v) is 3.91. The Labute approximate surface area is 143 Å². The van der Waals surface area contributed by atoms with E-state index < -0.39 is 17.6 Å². The fourth-order valence-electron chi connectivity index (χ4n) is 2.54. The maximum atomic E-state index is 13.5. The van der Waals surface area contributed by atoms with E-state index in [1.807, 2.05) is 18.2 Å². The van der Waals surface area contributed by atoms with E-state index in [4.69, 9.17) is 4.42 Å². The molecule has 0 saturated carbocycles. The highest BCUT2D eigenvalue weighted by Gasteiger charge is 2.14. The van der Waals surface area contributed by atoms with Gasteiger partial charge in [-0.25, -0.2) is 4.39 Å². The number of fused-ring (bicyclic) bond motifs is 1. The second-order valence-electron chi connectivity index (χ2n) is 5.60. The summed E-state index contributed by atoms with van der Waals surface area (Å²) < 4.78 is 19.0. The van der Waals surface area contributed by atoms with Crippen LogP contribution in [0.2, 0.25) is 0 Å². The van der Waals surface area contributed by atoms with Crippen LogP contribution in [-0.4, -0.2) is 11.8 Å². The average molecular weight is 340 g/mol. The van der Waals surface area contributed by atoms with Gasteiger partial charge in [0.2, 0.25) is 5.91 Å². The minimum absolute atomic E-state index is 0.0377. The van der Waals surface area contributed by atoms with Gasteiger partial charge in [0.05, 0.1) is 18.2 Å². The zero-order valence-corrected chi connectivity index (χ0v) is 13.6. The molecule has 3 rings (SSSR count). The van der Waals surface area contributed by atoms with Crippen LogP contribution in [0.25, 0.3) is 11.0 Å². The predicted octanol–water partition coefficient (Wildman–Crippen LogP) is 3.14. The first-order chi connectivity index (χ1) is 12.1. The van der Waals surface area contributed by atoms with Crippen LogP contribution in [0.4, 0.5) is 4.39 Å². The van der Waals surface area contributed by atoms with Crippen LogP contribution >= 0.6 is 0 Å². The van der Waals surface area contributed by atoms with Crippen molar-refractivity contribution in [2.45, 2.75) is 19.8 Å². The van der Waals surface area contributed by atoms with Crippen molar-refractivity contribution in [3.8, 4) is 0 Å². The molecule has 0 bridgehead atoms. The van der Waals surface area contributed by atoms with Gasteiger partial charge in [-0.05, 0) is 30.2 Å². The van der Waals surface area contributed by atoms with Gasteiger partial charge in [0.25, 0.3) is 5.91 Å². The standard InChI is InChI=1S/C19H17FN2O3/c1-2-12-7-8-14-13(11-25-17(14)9-12)10-18(23)21-22-19(24)15-5-3-4-6-16(15)20/h3-9,11H,2,10H2,1H3,(H,21,23)(H,22,24). The Hall–Kier alpha value is -3.15. The number of aryl methyl sites for hydroxylation is 1. The molecule has 0 fully saturated rings. The van der Waals surface area contributed by atoms with Gasteiger partial charge in [-0.1, -0.05) is 31.2 Å². The molecular weight excluding hydrogens is 323 g/mol. The van der Waals surface area contributed by atoms with E-state index >= 15 is 0 Å². The summed E-state index contributed by atoms with van der Waals surface area (Å²) >= 11 is 0. The van der Waals surface area contributed by atoms with Crippen LogP contribution in [0.3, 0.4) is 0 Å². The summed E-state index contributed by atoms with van der Waals surface area (Å²) in [5, 5.41) is 0.854. The normalized spacial score (nSPS) is 10.6. The van der Waals surface area contributed by atoms with Crippen molar-refractivity contribution in [2.75, 3.05) is 0 Å². The lowest BCUT2D eigenvalue weighted by Gasteiger charge is -2.07. The van der Waals surface area contributed by atoms with Crippen molar-refractivity contribution in [2.24, 2.45) is 0 Å². The predicted molar refractivity (Wildman–Crippen MR) is 91.3 cm³/mol. The molecule has 128 valence electrons. The minimum atomic E-state index is -0.712. The molecule has 0 radical (unpaired) electrons. The summed E-state index contributed by atoms with van der Waals surface area (Å²) in [4.78, 5) is 23.9. The highest BCUT2D eigenvalue weighted by molar-refractivity contribution is 5.96. The molecule has 0 aliphatic heterocycles. The molecule has 2 N–H and O–H groups in total. The molecule has 3 aromatic rings. The number of benzene rings is 2. The number of rotatable bonds is 4.